The lowest BCUT2D eigenvalue weighted by Gasteiger charge is -2.19. The number of ether oxygens (including phenoxy) is 2. The van der Waals surface area contributed by atoms with Crippen LogP contribution in [-0.4, -0.2) is 26.6 Å². The van der Waals surface area contributed by atoms with Gasteiger partial charge in [0.25, 0.3) is 5.69 Å². The van der Waals surface area contributed by atoms with Gasteiger partial charge in [-0.1, -0.05) is 0 Å². The molecule has 2 aromatic rings. The second-order valence-electron chi connectivity index (χ2n) is 5.70. The number of hydrogen-bond donors (Lipinski definition) is 1. The second kappa shape index (κ2) is 6.90. The summed E-state index contributed by atoms with van der Waals surface area (Å²) in [7, 11) is 0. The molecular weight excluding hydrogens is 316 g/mol. The maximum atomic E-state index is 11.7. The Bertz CT molecular complexity index is 740. The van der Waals surface area contributed by atoms with Crippen molar-refractivity contribution >= 4 is 17.7 Å². The van der Waals surface area contributed by atoms with Gasteiger partial charge in [-0.3, -0.25) is 15.4 Å². The Morgan fingerprint density at radius 1 is 1.21 bits per heavy atom. The molecule has 24 heavy (non-hydrogen) atoms. The number of nitrogens with one attached hydrogen (secondary N) is 1. The third-order valence-corrected chi connectivity index (χ3v) is 2.51. The first-order valence-electron chi connectivity index (χ1n) is 6.98. The van der Waals surface area contributed by atoms with Crippen molar-refractivity contribution in [1.29, 1.82) is 0 Å². The van der Waals surface area contributed by atoms with Crippen molar-refractivity contribution in [2.75, 3.05) is 5.32 Å². The Balaban J connectivity index is 2.04. The van der Waals surface area contributed by atoms with Crippen molar-refractivity contribution in [3.05, 3.63) is 46.6 Å². The van der Waals surface area contributed by atoms with Gasteiger partial charge in [0.2, 0.25) is 11.8 Å². The number of hydrogen-bond acceptors (Lipinski definition) is 7. The van der Waals surface area contributed by atoms with Gasteiger partial charge >= 0.3 is 6.09 Å². The maximum Gasteiger partial charge on any atom is 0.414 e. The van der Waals surface area contributed by atoms with Gasteiger partial charge < -0.3 is 9.47 Å². The Morgan fingerprint density at radius 2 is 1.88 bits per heavy atom. The zero-order valence-electron chi connectivity index (χ0n) is 13.3. The fourth-order valence-corrected chi connectivity index (χ4v) is 1.61. The summed E-state index contributed by atoms with van der Waals surface area (Å²) in [5.74, 6) is 0.552. The summed E-state index contributed by atoms with van der Waals surface area (Å²) in [4.78, 5) is 29.7. The molecule has 0 aliphatic rings. The molecule has 0 unspecified atom stereocenters. The fourth-order valence-electron chi connectivity index (χ4n) is 1.61. The largest absolute Gasteiger partial charge is 0.444 e. The van der Waals surface area contributed by atoms with E-state index in [1.54, 1.807) is 20.8 Å². The lowest BCUT2D eigenvalue weighted by Crippen LogP contribution is -2.27. The van der Waals surface area contributed by atoms with Crippen LogP contribution in [0.5, 0.6) is 11.6 Å². The van der Waals surface area contributed by atoms with Crippen LogP contribution in [0.2, 0.25) is 0 Å². The van der Waals surface area contributed by atoms with E-state index in [0.29, 0.717) is 5.75 Å². The number of rotatable bonds is 4. The minimum atomic E-state index is -0.685. The Hall–Kier alpha value is -3.23. The van der Waals surface area contributed by atoms with Crippen LogP contribution in [-0.2, 0) is 4.74 Å². The zero-order valence-corrected chi connectivity index (χ0v) is 13.3. The third-order valence-electron chi connectivity index (χ3n) is 2.51. The van der Waals surface area contributed by atoms with Gasteiger partial charge in [-0.2, -0.15) is 4.98 Å². The number of non-ortho nitro benzene ring substituents is 1. The van der Waals surface area contributed by atoms with Crippen LogP contribution in [0, 0.1) is 10.1 Å². The summed E-state index contributed by atoms with van der Waals surface area (Å²) >= 11 is 0. The van der Waals surface area contributed by atoms with E-state index in [-0.39, 0.29) is 17.5 Å². The molecule has 1 aromatic carbocycles. The first kappa shape index (κ1) is 17.1. The predicted molar refractivity (Wildman–Crippen MR) is 85.1 cm³/mol. The van der Waals surface area contributed by atoms with Crippen LogP contribution < -0.4 is 10.1 Å². The van der Waals surface area contributed by atoms with Gasteiger partial charge in [0.1, 0.15) is 11.4 Å². The molecule has 1 N–H and O–H groups in total. The minimum absolute atomic E-state index is 0.0173. The number of nitrogens with zero attached hydrogens (tertiary/aromatic N) is 3. The monoisotopic (exact) mass is 332 g/mol. The molecular formula is C15H16N4O5. The molecule has 0 saturated carbocycles. The van der Waals surface area contributed by atoms with Gasteiger partial charge in [0.05, 0.1) is 4.92 Å². The highest BCUT2D eigenvalue weighted by Crippen LogP contribution is 2.22. The Morgan fingerprint density at radius 3 is 2.46 bits per heavy atom. The molecule has 0 fully saturated rings. The molecule has 0 aliphatic heterocycles. The average Bonchev–Trinajstić information content (AvgIpc) is 2.46. The summed E-state index contributed by atoms with van der Waals surface area (Å²) in [6.45, 7) is 5.21. The van der Waals surface area contributed by atoms with E-state index in [0.717, 1.165) is 0 Å². The van der Waals surface area contributed by atoms with Crippen molar-refractivity contribution < 1.29 is 19.2 Å². The van der Waals surface area contributed by atoms with Gasteiger partial charge in [0.15, 0.2) is 0 Å². The summed E-state index contributed by atoms with van der Waals surface area (Å²) in [5, 5.41) is 13.0. The number of nitro benzene ring substituents is 1. The maximum absolute atomic E-state index is 11.7. The zero-order chi connectivity index (χ0) is 17.7. The van der Waals surface area contributed by atoms with E-state index in [1.807, 2.05) is 0 Å². The molecule has 126 valence electrons. The molecule has 9 heteroatoms. The second-order valence-corrected chi connectivity index (χ2v) is 5.70. The SMILES string of the molecule is CC(C)(C)OC(=O)Nc1nccc(Oc2ccc([N+](=O)[O-])cc2)n1. The van der Waals surface area contributed by atoms with E-state index in [9.17, 15) is 14.9 Å². The standard InChI is InChI=1S/C15H16N4O5/c1-15(2,3)24-14(20)18-13-16-9-8-12(17-13)23-11-6-4-10(5-7-11)19(21)22/h4-9H,1-3H3,(H,16,17,18,20). The van der Waals surface area contributed by atoms with Crippen molar-refractivity contribution in [2.24, 2.45) is 0 Å². The minimum Gasteiger partial charge on any atom is -0.444 e. The van der Waals surface area contributed by atoms with Crippen molar-refractivity contribution in [3.8, 4) is 11.6 Å². The van der Waals surface area contributed by atoms with Crippen LogP contribution in [0.4, 0.5) is 16.4 Å². The van der Waals surface area contributed by atoms with Gasteiger partial charge in [-0.15, -0.1) is 0 Å². The number of anilines is 1. The van der Waals surface area contributed by atoms with Crippen LogP contribution >= 0.6 is 0 Å². The Kier molecular flexibility index (Phi) is 4.93. The molecule has 0 spiro atoms. The molecule has 1 aromatic heterocycles. The summed E-state index contributed by atoms with van der Waals surface area (Å²) in [6.07, 6.45) is 0.718. The van der Waals surface area contributed by atoms with E-state index < -0.39 is 16.6 Å². The number of amides is 1. The lowest BCUT2D eigenvalue weighted by atomic mass is 10.2. The van der Waals surface area contributed by atoms with Crippen LogP contribution in [0.15, 0.2) is 36.5 Å². The van der Waals surface area contributed by atoms with Crippen LogP contribution in [0.1, 0.15) is 20.8 Å². The van der Waals surface area contributed by atoms with E-state index in [1.165, 1.54) is 36.5 Å². The van der Waals surface area contributed by atoms with E-state index in [2.05, 4.69) is 15.3 Å². The number of benzene rings is 1. The number of nitro groups is 1. The molecule has 0 saturated heterocycles. The molecule has 2 rings (SSSR count). The summed E-state index contributed by atoms with van der Waals surface area (Å²) in [6, 6.07) is 7.01. The van der Waals surface area contributed by atoms with Gasteiger partial charge in [-0.25, -0.2) is 9.78 Å². The van der Waals surface area contributed by atoms with Crippen molar-refractivity contribution in [2.45, 2.75) is 26.4 Å². The van der Waals surface area contributed by atoms with Crippen molar-refractivity contribution in [1.82, 2.24) is 9.97 Å². The van der Waals surface area contributed by atoms with Gasteiger partial charge in [-0.05, 0) is 32.9 Å². The average molecular weight is 332 g/mol. The highest BCUT2D eigenvalue weighted by Gasteiger charge is 2.17. The number of carbonyl (C=O) groups excluding carboxylic acids is 1. The normalized spacial score (nSPS) is 10.8. The quantitative estimate of drug-likeness (QED) is 0.672. The van der Waals surface area contributed by atoms with E-state index in [4.69, 9.17) is 9.47 Å². The smallest absolute Gasteiger partial charge is 0.414 e. The Labute approximate surface area is 137 Å². The third kappa shape index (κ3) is 5.20. The summed E-state index contributed by atoms with van der Waals surface area (Å²) < 4.78 is 10.6. The van der Waals surface area contributed by atoms with Gasteiger partial charge in [0, 0.05) is 24.4 Å². The molecule has 1 heterocycles. The highest BCUT2D eigenvalue weighted by molar-refractivity contribution is 5.82. The van der Waals surface area contributed by atoms with Crippen molar-refractivity contribution in [3.63, 3.8) is 0 Å². The predicted octanol–water partition coefficient (Wildman–Crippen LogP) is 3.52. The van der Waals surface area contributed by atoms with Crippen LogP contribution in [0.3, 0.4) is 0 Å². The molecule has 0 atom stereocenters. The molecule has 1 amide bonds. The van der Waals surface area contributed by atoms with E-state index >= 15 is 0 Å². The molecule has 9 nitrogen and oxygen atoms in total. The lowest BCUT2D eigenvalue weighted by molar-refractivity contribution is -0.384. The highest BCUT2D eigenvalue weighted by atomic mass is 16.6. The topological polar surface area (TPSA) is 116 Å². The first-order chi connectivity index (χ1) is 11.2. The molecule has 0 bridgehead atoms. The number of aromatic nitrogens is 2. The number of carbonyl (C=O) groups is 1. The molecule has 0 aliphatic carbocycles. The van der Waals surface area contributed by atoms with Crippen LogP contribution in [0.25, 0.3) is 0 Å². The molecule has 0 radical (unpaired) electrons. The fraction of sp³-hybridized carbons (Fsp3) is 0.267. The first-order valence-corrected chi connectivity index (χ1v) is 6.98. The summed E-state index contributed by atoms with van der Waals surface area (Å²) in [5.41, 5.74) is -0.686.